The van der Waals surface area contributed by atoms with E-state index in [1.807, 2.05) is 17.5 Å². The standard InChI is InChI=1S/C13H15NO3S2/c1-10(12-6-4-8-18-12)14-19(16,17)13-7-3-2-5-11(13)9-15/h2-8,10,14-15H,9H2,1H3. The van der Waals surface area contributed by atoms with Crippen molar-refractivity contribution in [1.29, 1.82) is 0 Å². The molecule has 0 spiro atoms. The van der Waals surface area contributed by atoms with E-state index in [1.54, 1.807) is 25.1 Å². The quantitative estimate of drug-likeness (QED) is 0.890. The fourth-order valence-corrected chi connectivity index (χ4v) is 4.05. The van der Waals surface area contributed by atoms with Gasteiger partial charge in [0.25, 0.3) is 0 Å². The predicted octanol–water partition coefficient (Wildman–Crippen LogP) is 2.28. The van der Waals surface area contributed by atoms with E-state index >= 15 is 0 Å². The number of nitrogens with one attached hydrogen (secondary N) is 1. The van der Waals surface area contributed by atoms with Gasteiger partial charge in [-0.15, -0.1) is 11.3 Å². The second kappa shape index (κ2) is 5.83. The Kier molecular flexibility index (Phi) is 4.36. The van der Waals surface area contributed by atoms with Crippen LogP contribution in [-0.2, 0) is 16.6 Å². The van der Waals surface area contributed by atoms with Crippen molar-refractivity contribution in [2.75, 3.05) is 0 Å². The molecule has 2 aromatic rings. The van der Waals surface area contributed by atoms with Crippen LogP contribution in [0.5, 0.6) is 0 Å². The summed E-state index contributed by atoms with van der Waals surface area (Å²) in [7, 11) is -3.63. The lowest BCUT2D eigenvalue weighted by Crippen LogP contribution is -2.27. The van der Waals surface area contributed by atoms with Gasteiger partial charge in [-0.3, -0.25) is 0 Å². The van der Waals surface area contributed by atoms with Crippen LogP contribution >= 0.6 is 11.3 Å². The van der Waals surface area contributed by atoms with E-state index in [4.69, 9.17) is 0 Å². The van der Waals surface area contributed by atoms with Crippen molar-refractivity contribution in [1.82, 2.24) is 4.72 Å². The summed E-state index contributed by atoms with van der Waals surface area (Å²) in [5, 5.41) is 11.1. The molecule has 0 radical (unpaired) electrons. The topological polar surface area (TPSA) is 66.4 Å². The first-order valence-electron chi connectivity index (χ1n) is 5.79. The van der Waals surface area contributed by atoms with Crippen molar-refractivity contribution in [3.63, 3.8) is 0 Å². The molecule has 0 bridgehead atoms. The molecular formula is C13H15NO3S2. The van der Waals surface area contributed by atoms with Crippen molar-refractivity contribution in [3.8, 4) is 0 Å². The number of benzene rings is 1. The molecule has 1 unspecified atom stereocenters. The molecule has 0 fully saturated rings. The molecule has 19 heavy (non-hydrogen) atoms. The second-order valence-corrected chi connectivity index (χ2v) is 6.79. The Morgan fingerprint density at radius 2 is 2.00 bits per heavy atom. The van der Waals surface area contributed by atoms with E-state index in [0.717, 1.165) is 4.88 Å². The number of hydrogen-bond donors (Lipinski definition) is 2. The molecule has 2 rings (SSSR count). The summed E-state index contributed by atoms with van der Waals surface area (Å²) in [6.07, 6.45) is 0. The molecule has 1 aromatic carbocycles. The molecule has 0 saturated carbocycles. The first-order chi connectivity index (χ1) is 9.04. The average Bonchev–Trinajstić information content (AvgIpc) is 2.92. The molecule has 0 aliphatic rings. The first kappa shape index (κ1) is 14.2. The molecule has 1 atom stereocenters. The van der Waals surface area contributed by atoms with Gasteiger partial charge in [0.2, 0.25) is 10.0 Å². The summed E-state index contributed by atoms with van der Waals surface area (Å²) in [6.45, 7) is 1.50. The molecule has 1 aromatic heterocycles. The maximum atomic E-state index is 12.3. The largest absolute Gasteiger partial charge is 0.392 e. The van der Waals surface area contributed by atoms with E-state index < -0.39 is 10.0 Å². The number of thiophene rings is 1. The molecule has 0 aliphatic carbocycles. The summed E-state index contributed by atoms with van der Waals surface area (Å²) in [5.74, 6) is 0. The molecule has 6 heteroatoms. The third kappa shape index (κ3) is 3.22. The lowest BCUT2D eigenvalue weighted by atomic mass is 10.2. The SMILES string of the molecule is CC(NS(=O)(=O)c1ccccc1CO)c1cccs1. The van der Waals surface area contributed by atoms with Gasteiger partial charge < -0.3 is 5.11 Å². The van der Waals surface area contributed by atoms with E-state index in [0.29, 0.717) is 5.56 Å². The number of aliphatic hydroxyl groups excluding tert-OH is 1. The molecule has 0 saturated heterocycles. The highest BCUT2D eigenvalue weighted by Crippen LogP contribution is 2.22. The fraction of sp³-hybridized carbons (Fsp3) is 0.231. The fourth-order valence-electron chi connectivity index (χ4n) is 1.79. The van der Waals surface area contributed by atoms with E-state index in [2.05, 4.69) is 4.72 Å². The summed E-state index contributed by atoms with van der Waals surface area (Å²) in [4.78, 5) is 1.07. The van der Waals surface area contributed by atoms with Crippen LogP contribution in [0.4, 0.5) is 0 Å². The van der Waals surface area contributed by atoms with Crippen LogP contribution in [0.2, 0.25) is 0 Å². The van der Waals surface area contributed by atoms with Crippen LogP contribution in [0.25, 0.3) is 0 Å². The Labute approximate surface area is 116 Å². The van der Waals surface area contributed by atoms with Crippen molar-refractivity contribution in [3.05, 3.63) is 52.2 Å². The minimum atomic E-state index is -3.63. The second-order valence-electron chi connectivity index (χ2n) is 4.12. The van der Waals surface area contributed by atoms with Gasteiger partial charge >= 0.3 is 0 Å². The maximum Gasteiger partial charge on any atom is 0.241 e. The Morgan fingerprint density at radius 1 is 1.26 bits per heavy atom. The third-order valence-electron chi connectivity index (χ3n) is 2.73. The summed E-state index contributed by atoms with van der Waals surface area (Å²) >= 11 is 1.50. The van der Waals surface area contributed by atoms with Gasteiger partial charge in [0, 0.05) is 4.88 Å². The zero-order valence-corrected chi connectivity index (χ0v) is 12.0. The highest BCUT2D eigenvalue weighted by molar-refractivity contribution is 7.89. The highest BCUT2D eigenvalue weighted by Gasteiger charge is 2.21. The highest BCUT2D eigenvalue weighted by atomic mass is 32.2. The summed E-state index contributed by atoms with van der Waals surface area (Å²) in [6, 6.07) is 9.91. The van der Waals surface area contributed by atoms with Gasteiger partial charge in [0.05, 0.1) is 17.5 Å². The van der Waals surface area contributed by atoms with Crippen LogP contribution in [0.3, 0.4) is 0 Å². The molecule has 4 nitrogen and oxygen atoms in total. The monoisotopic (exact) mass is 297 g/mol. The number of rotatable bonds is 5. The molecular weight excluding hydrogens is 282 g/mol. The number of aliphatic hydroxyl groups is 1. The Balaban J connectivity index is 2.28. The third-order valence-corrected chi connectivity index (χ3v) is 5.43. The van der Waals surface area contributed by atoms with Gasteiger partial charge in [-0.25, -0.2) is 13.1 Å². The molecule has 0 aliphatic heterocycles. The zero-order valence-electron chi connectivity index (χ0n) is 10.4. The number of hydrogen-bond acceptors (Lipinski definition) is 4. The normalized spacial score (nSPS) is 13.4. The van der Waals surface area contributed by atoms with E-state index in [9.17, 15) is 13.5 Å². The van der Waals surface area contributed by atoms with Crippen molar-refractivity contribution >= 4 is 21.4 Å². The molecule has 2 N–H and O–H groups in total. The lowest BCUT2D eigenvalue weighted by molar-refractivity contribution is 0.278. The van der Waals surface area contributed by atoms with Crippen LogP contribution in [-0.4, -0.2) is 13.5 Å². The first-order valence-corrected chi connectivity index (χ1v) is 8.15. The molecule has 1 heterocycles. The van der Waals surface area contributed by atoms with Crippen molar-refractivity contribution in [2.24, 2.45) is 0 Å². The zero-order chi connectivity index (χ0) is 13.9. The van der Waals surface area contributed by atoms with Gasteiger partial charge in [-0.1, -0.05) is 24.3 Å². The van der Waals surface area contributed by atoms with Crippen molar-refractivity contribution < 1.29 is 13.5 Å². The Hall–Kier alpha value is -1.21. The summed E-state index contributed by atoms with van der Waals surface area (Å²) in [5.41, 5.74) is 0.397. The average molecular weight is 297 g/mol. The molecule has 102 valence electrons. The van der Waals surface area contributed by atoms with Gasteiger partial charge in [-0.05, 0) is 30.0 Å². The van der Waals surface area contributed by atoms with Gasteiger partial charge in [0.1, 0.15) is 0 Å². The van der Waals surface area contributed by atoms with Crippen LogP contribution in [0.15, 0.2) is 46.7 Å². The minimum absolute atomic E-state index is 0.126. The van der Waals surface area contributed by atoms with Crippen LogP contribution in [0, 0.1) is 0 Å². The summed E-state index contributed by atoms with van der Waals surface area (Å²) < 4.78 is 27.2. The predicted molar refractivity (Wildman–Crippen MR) is 75.4 cm³/mol. The maximum absolute atomic E-state index is 12.3. The van der Waals surface area contributed by atoms with E-state index in [1.165, 1.54) is 17.4 Å². The molecule has 0 amide bonds. The van der Waals surface area contributed by atoms with E-state index in [-0.39, 0.29) is 17.5 Å². The Morgan fingerprint density at radius 3 is 2.63 bits per heavy atom. The van der Waals surface area contributed by atoms with Gasteiger partial charge in [0.15, 0.2) is 0 Å². The smallest absolute Gasteiger partial charge is 0.241 e. The Bertz CT molecular complexity index is 636. The number of sulfonamides is 1. The van der Waals surface area contributed by atoms with Crippen LogP contribution < -0.4 is 4.72 Å². The van der Waals surface area contributed by atoms with Crippen LogP contribution in [0.1, 0.15) is 23.4 Å². The van der Waals surface area contributed by atoms with Gasteiger partial charge in [-0.2, -0.15) is 0 Å². The minimum Gasteiger partial charge on any atom is -0.392 e. The lowest BCUT2D eigenvalue weighted by Gasteiger charge is -2.14. The van der Waals surface area contributed by atoms with Crippen molar-refractivity contribution in [2.45, 2.75) is 24.5 Å².